The van der Waals surface area contributed by atoms with E-state index in [1.54, 1.807) is 0 Å². The van der Waals surface area contributed by atoms with E-state index < -0.39 is 0 Å². The summed E-state index contributed by atoms with van der Waals surface area (Å²) in [4.78, 5) is 14.9. The molecule has 2 fully saturated rings. The van der Waals surface area contributed by atoms with E-state index in [0.29, 0.717) is 24.1 Å². The molecule has 0 saturated carbocycles. The molecule has 6 heteroatoms. The molecule has 0 aromatic heterocycles. The fourth-order valence-corrected chi connectivity index (χ4v) is 3.76. The largest absolute Gasteiger partial charge is 0.381 e. The van der Waals surface area contributed by atoms with Crippen LogP contribution in [0.15, 0.2) is 28.7 Å². The van der Waals surface area contributed by atoms with Gasteiger partial charge >= 0.3 is 0 Å². The number of carbonyl (C=O) groups excluding carboxylic acids is 1. The molecular formula is C17H23BrN2O3. The average molecular weight is 383 g/mol. The van der Waals surface area contributed by atoms with Gasteiger partial charge in [0, 0.05) is 42.7 Å². The van der Waals surface area contributed by atoms with Gasteiger partial charge in [0.1, 0.15) is 0 Å². The molecule has 2 heterocycles. The topological polar surface area (TPSA) is 50.8 Å². The summed E-state index contributed by atoms with van der Waals surface area (Å²) in [6.07, 6.45) is 1.06. The third kappa shape index (κ3) is 4.32. The molecule has 0 spiro atoms. The molecule has 2 unspecified atom stereocenters. The minimum absolute atomic E-state index is 0.0327. The van der Waals surface area contributed by atoms with Crippen molar-refractivity contribution >= 4 is 21.8 Å². The van der Waals surface area contributed by atoms with Crippen LogP contribution in [0.2, 0.25) is 0 Å². The van der Waals surface area contributed by atoms with Crippen molar-refractivity contribution in [2.75, 3.05) is 46.1 Å². The lowest BCUT2D eigenvalue weighted by Gasteiger charge is -2.37. The van der Waals surface area contributed by atoms with Gasteiger partial charge in [0.15, 0.2) is 0 Å². The molecule has 0 bridgehead atoms. The number of amides is 1. The van der Waals surface area contributed by atoms with Crippen molar-refractivity contribution in [3.63, 3.8) is 0 Å². The lowest BCUT2D eigenvalue weighted by molar-refractivity contribution is 0.00166. The Kier molecular flexibility index (Phi) is 6.05. The van der Waals surface area contributed by atoms with Crippen LogP contribution < -0.4 is 5.32 Å². The van der Waals surface area contributed by atoms with E-state index in [9.17, 15) is 4.79 Å². The first-order valence-corrected chi connectivity index (χ1v) is 8.97. The Hall–Kier alpha value is -0.950. The smallest absolute Gasteiger partial charge is 0.252 e. The quantitative estimate of drug-likeness (QED) is 0.844. The number of benzene rings is 1. The third-order valence-corrected chi connectivity index (χ3v) is 5.31. The maximum Gasteiger partial charge on any atom is 0.252 e. The highest BCUT2D eigenvalue weighted by atomic mass is 79.9. The van der Waals surface area contributed by atoms with Crippen LogP contribution in [-0.4, -0.2) is 62.9 Å². The first-order valence-electron chi connectivity index (χ1n) is 8.18. The molecule has 126 valence electrons. The standard InChI is InChI=1S/C17H23BrN2O3/c18-15-4-2-1-3-14(15)17(21)19-11-16(13-5-8-23-12-13)20-6-9-22-10-7-20/h1-4,13,16H,5-12H2,(H,19,21). The lowest BCUT2D eigenvalue weighted by Crippen LogP contribution is -2.52. The lowest BCUT2D eigenvalue weighted by atomic mass is 9.96. The molecule has 1 aromatic carbocycles. The molecule has 0 aliphatic carbocycles. The Labute approximate surface area is 145 Å². The van der Waals surface area contributed by atoms with Gasteiger partial charge in [-0.2, -0.15) is 0 Å². The first kappa shape index (κ1) is 16.9. The Morgan fingerprint density at radius 2 is 2.04 bits per heavy atom. The maximum absolute atomic E-state index is 12.5. The Morgan fingerprint density at radius 1 is 1.26 bits per heavy atom. The number of ether oxygens (including phenoxy) is 2. The van der Waals surface area contributed by atoms with E-state index >= 15 is 0 Å². The molecule has 2 aliphatic rings. The van der Waals surface area contributed by atoms with Crippen LogP contribution in [0.1, 0.15) is 16.8 Å². The predicted molar refractivity (Wildman–Crippen MR) is 91.6 cm³/mol. The zero-order valence-electron chi connectivity index (χ0n) is 13.2. The molecule has 1 amide bonds. The molecule has 3 rings (SSSR count). The average Bonchev–Trinajstić information content (AvgIpc) is 3.10. The van der Waals surface area contributed by atoms with Crippen molar-refractivity contribution in [2.24, 2.45) is 5.92 Å². The van der Waals surface area contributed by atoms with Gasteiger partial charge in [-0.15, -0.1) is 0 Å². The second-order valence-electron chi connectivity index (χ2n) is 6.03. The number of nitrogens with zero attached hydrogens (tertiary/aromatic N) is 1. The summed E-state index contributed by atoms with van der Waals surface area (Å²) >= 11 is 3.44. The van der Waals surface area contributed by atoms with Crippen LogP contribution >= 0.6 is 15.9 Å². The van der Waals surface area contributed by atoms with E-state index in [1.165, 1.54) is 0 Å². The van der Waals surface area contributed by atoms with Crippen molar-refractivity contribution in [1.82, 2.24) is 10.2 Å². The zero-order valence-corrected chi connectivity index (χ0v) is 14.8. The highest BCUT2D eigenvalue weighted by molar-refractivity contribution is 9.10. The Balaban J connectivity index is 1.63. The molecule has 1 aromatic rings. The van der Waals surface area contributed by atoms with Crippen LogP contribution in [0.4, 0.5) is 0 Å². The number of hydrogen-bond acceptors (Lipinski definition) is 4. The summed E-state index contributed by atoms with van der Waals surface area (Å²) in [7, 11) is 0. The van der Waals surface area contributed by atoms with Crippen molar-refractivity contribution in [3.05, 3.63) is 34.3 Å². The van der Waals surface area contributed by atoms with Crippen LogP contribution in [0.5, 0.6) is 0 Å². The summed E-state index contributed by atoms with van der Waals surface area (Å²) in [5.41, 5.74) is 0.677. The molecule has 1 N–H and O–H groups in total. The number of hydrogen-bond donors (Lipinski definition) is 1. The molecular weight excluding hydrogens is 360 g/mol. The van der Waals surface area contributed by atoms with Gasteiger partial charge in [-0.05, 0) is 34.5 Å². The second kappa shape index (κ2) is 8.24. The van der Waals surface area contributed by atoms with Gasteiger partial charge in [-0.25, -0.2) is 0 Å². The van der Waals surface area contributed by atoms with Crippen LogP contribution in [0, 0.1) is 5.92 Å². The number of halogens is 1. The van der Waals surface area contributed by atoms with Gasteiger partial charge in [-0.1, -0.05) is 12.1 Å². The van der Waals surface area contributed by atoms with E-state index in [0.717, 1.165) is 50.4 Å². The van der Waals surface area contributed by atoms with E-state index in [2.05, 4.69) is 26.1 Å². The normalized spacial score (nSPS) is 23.6. The SMILES string of the molecule is O=C(NCC(C1CCOC1)N1CCOCC1)c1ccccc1Br. The summed E-state index contributed by atoms with van der Waals surface area (Å²) in [5, 5.41) is 3.11. The van der Waals surface area contributed by atoms with Gasteiger partial charge in [-0.3, -0.25) is 9.69 Å². The van der Waals surface area contributed by atoms with E-state index in [4.69, 9.17) is 9.47 Å². The van der Waals surface area contributed by atoms with Crippen LogP contribution in [0.25, 0.3) is 0 Å². The second-order valence-corrected chi connectivity index (χ2v) is 6.88. The van der Waals surface area contributed by atoms with Crippen molar-refractivity contribution in [3.8, 4) is 0 Å². The highest BCUT2D eigenvalue weighted by Gasteiger charge is 2.31. The summed E-state index contributed by atoms with van der Waals surface area (Å²) in [6, 6.07) is 7.82. The monoisotopic (exact) mass is 382 g/mol. The number of carbonyl (C=O) groups is 1. The molecule has 23 heavy (non-hydrogen) atoms. The predicted octanol–water partition coefficient (Wildman–Crippen LogP) is 1.92. The number of morpholine rings is 1. The van der Waals surface area contributed by atoms with Gasteiger partial charge in [0.25, 0.3) is 5.91 Å². The Bertz CT molecular complexity index is 528. The van der Waals surface area contributed by atoms with Crippen molar-refractivity contribution in [1.29, 1.82) is 0 Å². The first-order chi connectivity index (χ1) is 11.3. The maximum atomic E-state index is 12.5. The van der Waals surface area contributed by atoms with Crippen LogP contribution in [-0.2, 0) is 9.47 Å². The number of nitrogens with one attached hydrogen (secondary N) is 1. The fraction of sp³-hybridized carbons (Fsp3) is 0.588. The van der Waals surface area contributed by atoms with Gasteiger partial charge < -0.3 is 14.8 Å². The van der Waals surface area contributed by atoms with Crippen molar-refractivity contribution in [2.45, 2.75) is 12.5 Å². The molecule has 0 radical (unpaired) electrons. The molecule has 2 atom stereocenters. The minimum atomic E-state index is -0.0327. The van der Waals surface area contributed by atoms with Gasteiger partial charge in [0.05, 0.1) is 25.4 Å². The minimum Gasteiger partial charge on any atom is -0.381 e. The molecule has 5 nitrogen and oxygen atoms in total. The van der Waals surface area contributed by atoms with Crippen molar-refractivity contribution < 1.29 is 14.3 Å². The Morgan fingerprint density at radius 3 is 2.74 bits per heavy atom. The van der Waals surface area contributed by atoms with Crippen LogP contribution in [0.3, 0.4) is 0 Å². The summed E-state index contributed by atoms with van der Waals surface area (Å²) in [5.74, 6) is 0.447. The number of rotatable bonds is 5. The van der Waals surface area contributed by atoms with Gasteiger partial charge in [0.2, 0.25) is 0 Å². The fourth-order valence-electron chi connectivity index (χ4n) is 3.30. The van der Waals surface area contributed by atoms with E-state index in [1.807, 2.05) is 24.3 Å². The highest BCUT2D eigenvalue weighted by Crippen LogP contribution is 2.22. The molecule has 2 saturated heterocycles. The zero-order chi connectivity index (χ0) is 16.1. The van der Waals surface area contributed by atoms with E-state index in [-0.39, 0.29) is 5.91 Å². The summed E-state index contributed by atoms with van der Waals surface area (Å²) in [6.45, 7) is 5.63. The summed E-state index contributed by atoms with van der Waals surface area (Å²) < 4.78 is 11.8. The third-order valence-electron chi connectivity index (χ3n) is 4.61. The molecule has 2 aliphatic heterocycles.